The monoisotopic (exact) mass is 228 g/mol. The Morgan fingerprint density at radius 2 is 2.06 bits per heavy atom. The van der Waals surface area contributed by atoms with Crippen molar-refractivity contribution in [2.24, 2.45) is 0 Å². The normalized spacial score (nSPS) is 12.2. The maximum absolute atomic E-state index is 9.14. The molecule has 0 heterocycles. The summed E-state index contributed by atoms with van der Waals surface area (Å²) in [5.74, 6) is 1.04. The lowest BCUT2D eigenvalue weighted by Gasteiger charge is -2.13. The highest BCUT2D eigenvalue weighted by atomic mass is 16.5. The molecule has 0 spiro atoms. The molecule has 1 aromatic rings. The van der Waals surface area contributed by atoms with E-state index in [2.05, 4.69) is 0 Å². The zero-order valence-corrected chi connectivity index (χ0v) is 9.09. The van der Waals surface area contributed by atoms with E-state index in [9.17, 15) is 0 Å². The number of aliphatic hydroxyl groups excluding tert-OH is 3. The second-order valence-electron chi connectivity index (χ2n) is 3.28. The molecule has 16 heavy (non-hydrogen) atoms. The molecule has 1 atom stereocenters. The van der Waals surface area contributed by atoms with Crippen molar-refractivity contribution in [2.45, 2.75) is 12.7 Å². The van der Waals surface area contributed by atoms with Gasteiger partial charge in [0.05, 0.1) is 20.3 Å². The second-order valence-corrected chi connectivity index (χ2v) is 3.28. The molecule has 0 aliphatic carbocycles. The van der Waals surface area contributed by atoms with Gasteiger partial charge in [0.1, 0.15) is 24.2 Å². The molecule has 0 aromatic heterocycles. The van der Waals surface area contributed by atoms with Gasteiger partial charge >= 0.3 is 0 Å². The van der Waals surface area contributed by atoms with E-state index in [1.165, 1.54) is 7.11 Å². The molecule has 0 aliphatic rings. The Morgan fingerprint density at radius 1 is 1.31 bits per heavy atom. The molecular weight excluding hydrogens is 212 g/mol. The first-order chi connectivity index (χ1) is 7.71. The molecule has 0 aliphatic heterocycles. The van der Waals surface area contributed by atoms with Crippen LogP contribution in [0, 0.1) is 0 Å². The Morgan fingerprint density at radius 3 is 2.62 bits per heavy atom. The summed E-state index contributed by atoms with van der Waals surface area (Å²) in [5, 5.41) is 26.8. The quantitative estimate of drug-likeness (QED) is 0.634. The summed E-state index contributed by atoms with van der Waals surface area (Å²) >= 11 is 0. The average molecular weight is 228 g/mol. The molecule has 0 fully saturated rings. The first-order valence-corrected chi connectivity index (χ1v) is 4.90. The van der Waals surface area contributed by atoms with E-state index in [0.717, 1.165) is 0 Å². The number of benzene rings is 1. The van der Waals surface area contributed by atoms with E-state index in [-0.39, 0.29) is 19.8 Å². The lowest BCUT2D eigenvalue weighted by Crippen LogP contribution is -2.21. The zero-order chi connectivity index (χ0) is 12.0. The van der Waals surface area contributed by atoms with Gasteiger partial charge in [0.25, 0.3) is 0 Å². The maximum Gasteiger partial charge on any atom is 0.128 e. The molecule has 5 heteroatoms. The van der Waals surface area contributed by atoms with Crippen LogP contribution in [0.2, 0.25) is 0 Å². The van der Waals surface area contributed by atoms with Gasteiger partial charge in [-0.25, -0.2) is 0 Å². The Kier molecular flexibility index (Phi) is 5.04. The predicted octanol–water partition coefficient (Wildman–Crippen LogP) is -0.0805. The first kappa shape index (κ1) is 12.8. The third kappa shape index (κ3) is 3.37. The summed E-state index contributed by atoms with van der Waals surface area (Å²) in [7, 11) is 1.53. The zero-order valence-electron chi connectivity index (χ0n) is 9.09. The van der Waals surface area contributed by atoms with Crippen molar-refractivity contribution in [3.8, 4) is 11.5 Å². The van der Waals surface area contributed by atoms with Gasteiger partial charge in [-0.2, -0.15) is 0 Å². The van der Waals surface area contributed by atoms with Gasteiger partial charge in [-0.3, -0.25) is 0 Å². The Labute approximate surface area is 93.9 Å². The molecule has 3 N–H and O–H groups in total. The number of aliphatic hydroxyl groups is 3. The smallest absolute Gasteiger partial charge is 0.128 e. The van der Waals surface area contributed by atoms with Crippen LogP contribution < -0.4 is 9.47 Å². The van der Waals surface area contributed by atoms with E-state index in [1.54, 1.807) is 18.2 Å². The van der Waals surface area contributed by atoms with Crippen LogP contribution in [0.3, 0.4) is 0 Å². The van der Waals surface area contributed by atoms with Gasteiger partial charge < -0.3 is 24.8 Å². The predicted molar refractivity (Wildman–Crippen MR) is 57.5 cm³/mol. The molecule has 1 aromatic carbocycles. The van der Waals surface area contributed by atoms with Crippen LogP contribution in [0.1, 0.15) is 5.56 Å². The summed E-state index contributed by atoms with van der Waals surface area (Å²) < 4.78 is 10.3. The SMILES string of the molecule is COc1ccc(CO)c(OCC(O)CO)c1. The minimum absolute atomic E-state index is 0.0311. The highest BCUT2D eigenvalue weighted by molar-refractivity contribution is 5.40. The van der Waals surface area contributed by atoms with Crippen molar-refractivity contribution in [3.63, 3.8) is 0 Å². The average Bonchev–Trinajstić information content (AvgIpc) is 2.35. The number of hydrogen-bond acceptors (Lipinski definition) is 5. The third-order valence-electron chi connectivity index (χ3n) is 2.09. The Bertz CT molecular complexity index is 326. The van der Waals surface area contributed by atoms with Gasteiger partial charge in [-0.05, 0) is 12.1 Å². The summed E-state index contributed by atoms with van der Waals surface area (Å²) in [4.78, 5) is 0. The van der Waals surface area contributed by atoms with Gasteiger partial charge in [0.15, 0.2) is 0 Å². The van der Waals surface area contributed by atoms with Crippen LogP contribution >= 0.6 is 0 Å². The lowest BCUT2D eigenvalue weighted by atomic mass is 10.2. The molecule has 5 nitrogen and oxygen atoms in total. The van der Waals surface area contributed by atoms with Crippen molar-refractivity contribution in [1.29, 1.82) is 0 Å². The van der Waals surface area contributed by atoms with E-state index >= 15 is 0 Å². The van der Waals surface area contributed by atoms with Crippen molar-refractivity contribution in [1.82, 2.24) is 0 Å². The Balaban J connectivity index is 2.75. The summed E-state index contributed by atoms with van der Waals surface area (Å²) in [6.07, 6.45) is -0.933. The highest BCUT2D eigenvalue weighted by Crippen LogP contribution is 2.24. The van der Waals surface area contributed by atoms with E-state index in [1.807, 2.05) is 0 Å². The molecule has 1 unspecified atom stereocenters. The molecule has 0 saturated heterocycles. The van der Waals surface area contributed by atoms with Gasteiger partial charge in [0.2, 0.25) is 0 Å². The van der Waals surface area contributed by atoms with Crippen LogP contribution in [0.4, 0.5) is 0 Å². The van der Waals surface area contributed by atoms with Crippen LogP contribution in [-0.4, -0.2) is 41.7 Å². The van der Waals surface area contributed by atoms with Gasteiger partial charge in [-0.15, -0.1) is 0 Å². The fourth-order valence-electron chi connectivity index (χ4n) is 1.17. The van der Waals surface area contributed by atoms with Crippen molar-refractivity contribution >= 4 is 0 Å². The van der Waals surface area contributed by atoms with Crippen molar-refractivity contribution < 1.29 is 24.8 Å². The lowest BCUT2D eigenvalue weighted by molar-refractivity contribution is 0.0528. The van der Waals surface area contributed by atoms with Gasteiger partial charge in [-0.1, -0.05) is 0 Å². The third-order valence-corrected chi connectivity index (χ3v) is 2.09. The summed E-state index contributed by atoms with van der Waals surface area (Å²) in [5.41, 5.74) is 0.603. The summed E-state index contributed by atoms with van der Waals surface area (Å²) in [6, 6.07) is 5.01. The number of ether oxygens (including phenoxy) is 2. The Hall–Kier alpha value is -1.30. The van der Waals surface area contributed by atoms with Crippen molar-refractivity contribution in [3.05, 3.63) is 23.8 Å². The number of hydrogen-bond donors (Lipinski definition) is 3. The van der Waals surface area contributed by atoms with Crippen LogP contribution in [0.15, 0.2) is 18.2 Å². The number of methoxy groups -OCH3 is 1. The van der Waals surface area contributed by atoms with Crippen LogP contribution in [0.5, 0.6) is 11.5 Å². The molecule has 0 saturated carbocycles. The molecular formula is C11H16O5. The van der Waals surface area contributed by atoms with Crippen molar-refractivity contribution in [2.75, 3.05) is 20.3 Å². The van der Waals surface area contributed by atoms with E-state index in [4.69, 9.17) is 24.8 Å². The molecule has 90 valence electrons. The van der Waals surface area contributed by atoms with Crippen LogP contribution in [0.25, 0.3) is 0 Å². The molecule has 0 radical (unpaired) electrons. The minimum atomic E-state index is -0.933. The topological polar surface area (TPSA) is 79.2 Å². The fraction of sp³-hybridized carbons (Fsp3) is 0.455. The van der Waals surface area contributed by atoms with Crippen LogP contribution in [-0.2, 0) is 6.61 Å². The molecule has 0 bridgehead atoms. The van der Waals surface area contributed by atoms with Gasteiger partial charge in [0, 0.05) is 11.6 Å². The molecule has 1 rings (SSSR count). The van der Waals surface area contributed by atoms with E-state index in [0.29, 0.717) is 17.1 Å². The minimum Gasteiger partial charge on any atom is -0.497 e. The first-order valence-electron chi connectivity index (χ1n) is 4.90. The number of rotatable bonds is 6. The summed E-state index contributed by atoms with van der Waals surface area (Å²) in [6.45, 7) is -0.552. The standard InChI is InChI=1S/C11H16O5/c1-15-10-3-2-8(5-12)11(4-10)16-7-9(14)6-13/h2-4,9,12-14H,5-7H2,1H3. The highest BCUT2D eigenvalue weighted by Gasteiger charge is 2.08. The largest absolute Gasteiger partial charge is 0.497 e. The van der Waals surface area contributed by atoms with E-state index < -0.39 is 6.10 Å². The molecule has 0 amide bonds. The fourth-order valence-corrected chi connectivity index (χ4v) is 1.17. The second kappa shape index (κ2) is 6.32. The maximum atomic E-state index is 9.14.